The average molecular weight is 191 g/mol. The van der Waals surface area contributed by atoms with Gasteiger partial charge in [0.05, 0.1) is 7.11 Å². The van der Waals surface area contributed by atoms with Crippen molar-refractivity contribution in [1.29, 1.82) is 0 Å². The molecule has 0 saturated heterocycles. The maximum Gasteiger partial charge on any atom is 0.126 e. The van der Waals surface area contributed by atoms with Crippen LogP contribution in [0.5, 0.6) is 5.75 Å². The van der Waals surface area contributed by atoms with Gasteiger partial charge in [-0.3, -0.25) is 0 Å². The van der Waals surface area contributed by atoms with E-state index in [9.17, 15) is 0 Å². The Bertz CT molecular complexity index is 329. The molecule has 0 aliphatic rings. The summed E-state index contributed by atoms with van der Waals surface area (Å²) in [4.78, 5) is 0. The fourth-order valence-corrected chi connectivity index (χ4v) is 1.21. The minimum Gasteiger partial charge on any atom is -0.496 e. The Morgan fingerprint density at radius 3 is 2.71 bits per heavy atom. The number of ether oxygens (including phenoxy) is 1. The van der Waals surface area contributed by atoms with E-state index in [2.05, 4.69) is 6.07 Å². The van der Waals surface area contributed by atoms with Gasteiger partial charge in [-0.2, -0.15) is 0 Å². The molecular weight excluding hydrogens is 174 g/mol. The van der Waals surface area contributed by atoms with Crippen LogP contribution in [0.15, 0.2) is 24.3 Å². The molecule has 76 valence electrons. The Morgan fingerprint density at radius 1 is 1.43 bits per heavy atom. The molecule has 0 aliphatic carbocycles. The first-order chi connectivity index (χ1) is 6.63. The van der Waals surface area contributed by atoms with Crippen molar-refractivity contribution >= 4 is 6.08 Å². The Morgan fingerprint density at radius 2 is 2.14 bits per heavy atom. The van der Waals surface area contributed by atoms with Crippen molar-refractivity contribution in [2.24, 2.45) is 5.73 Å². The van der Waals surface area contributed by atoms with Crippen LogP contribution in [0.25, 0.3) is 6.08 Å². The molecule has 0 heterocycles. The first-order valence-electron chi connectivity index (χ1n) is 4.72. The number of methoxy groups -OCH3 is 1. The molecule has 0 aliphatic heterocycles. The van der Waals surface area contributed by atoms with Gasteiger partial charge in [0.15, 0.2) is 0 Å². The predicted molar refractivity (Wildman–Crippen MR) is 60.4 cm³/mol. The van der Waals surface area contributed by atoms with Crippen molar-refractivity contribution in [3.05, 3.63) is 35.4 Å². The number of hydrogen-bond acceptors (Lipinski definition) is 2. The molecule has 1 aromatic rings. The number of nitrogens with two attached hydrogens (primary N) is 1. The summed E-state index contributed by atoms with van der Waals surface area (Å²) in [5.41, 5.74) is 7.89. The second-order valence-electron chi connectivity index (χ2n) is 3.46. The molecule has 14 heavy (non-hydrogen) atoms. The van der Waals surface area contributed by atoms with E-state index in [0.717, 1.165) is 11.3 Å². The smallest absolute Gasteiger partial charge is 0.126 e. The van der Waals surface area contributed by atoms with Gasteiger partial charge in [0.1, 0.15) is 5.75 Å². The van der Waals surface area contributed by atoms with Gasteiger partial charge in [-0.05, 0) is 25.5 Å². The molecule has 1 rings (SSSR count). The van der Waals surface area contributed by atoms with Crippen molar-refractivity contribution in [2.75, 3.05) is 7.11 Å². The van der Waals surface area contributed by atoms with Gasteiger partial charge < -0.3 is 10.5 Å². The highest BCUT2D eigenvalue weighted by Crippen LogP contribution is 2.21. The summed E-state index contributed by atoms with van der Waals surface area (Å²) in [6.45, 7) is 3.98. The molecule has 0 fully saturated rings. The molecule has 0 bridgehead atoms. The highest BCUT2D eigenvalue weighted by Gasteiger charge is 1.99. The molecule has 1 atom stereocenters. The van der Waals surface area contributed by atoms with Crippen LogP contribution in [-0.4, -0.2) is 13.2 Å². The van der Waals surface area contributed by atoms with Crippen molar-refractivity contribution in [2.45, 2.75) is 19.9 Å². The molecule has 2 heteroatoms. The van der Waals surface area contributed by atoms with Gasteiger partial charge in [-0.1, -0.05) is 24.3 Å². The predicted octanol–water partition coefficient (Wildman–Crippen LogP) is 2.36. The fourth-order valence-electron chi connectivity index (χ4n) is 1.21. The zero-order chi connectivity index (χ0) is 10.6. The van der Waals surface area contributed by atoms with Crippen LogP contribution < -0.4 is 10.5 Å². The van der Waals surface area contributed by atoms with Crippen molar-refractivity contribution < 1.29 is 4.74 Å². The summed E-state index contributed by atoms with van der Waals surface area (Å²) < 4.78 is 5.27. The van der Waals surface area contributed by atoms with E-state index >= 15 is 0 Å². The quantitative estimate of drug-likeness (QED) is 0.796. The normalized spacial score (nSPS) is 13.1. The van der Waals surface area contributed by atoms with Crippen LogP contribution in [0.4, 0.5) is 0 Å². The lowest BCUT2D eigenvalue weighted by molar-refractivity contribution is 0.413. The third-order valence-corrected chi connectivity index (χ3v) is 1.97. The van der Waals surface area contributed by atoms with Gasteiger partial charge in [-0.25, -0.2) is 0 Å². The van der Waals surface area contributed by atoms with E-state index in [0.29, 0.717) is 0 Å². The van der Waals surface area contributed by atoms with Gasteiger partial charge in [0.2, 0.25) is 0 Å². The van der Waals surface area contributed by atoms with E-state index in [1.807, 2.05) is 38.1 Å². The van der Waals surface area contributed by atoms with Crippen LogP contribution in [-0.2, 0) is 0 Å². The Labute approximate surface area is 85.4 Å². The Kier molecular flexibility index (Phi) is 3.72. The first kappa shape index (κ1) is 10.8. The lowest BCUT2D eigenvalue weighted by atomic mass is 10.1. The zero-order valence-electron chi connectivity index (χ0n) is 8.95. The summed E-state index contributed by atoms with van der Waals surface area (Å²) in [6, 6.07) is 6.18. The van der Waals surface area contributed by atoms with Crippen LogP contribution in [0.3, 0.4) is 0 Å². The maximum absolute atomic E-state index is 5.63. The van der Waals surface area contributed by atoms with E-state index in [1.54, 1.807) is 7.11 Å². The van der Waals surface area contributed by atoms with Crippen LogP contribution in [0, 0.1) is 6.92 Å². The van der Waals surface area contributed by atoms with Gasteiger partial charge >= 0.3 is 0 Å². The van der Waals surface area contributed by atoms with E-state index < -0.39 is 0 Å². The van der Waals surface area contributed by atoms with Gasteiger partial charge in [-0.15, -0.1) is 0 Å². The van der Waals surface area contributed by atoms with Crippen LogP contribution in [0.2, 0.25) is 0 Å². The molecule has 1 aromatic carbocycles. The van der Waals surface area contributed by atoms with E-state index in [1.165, 1.54) is 5.56 Å². The number of hydrogen-bond donors (Lipinski definition) is 1. The van der Waals surface area contributed by atoms with Gasteiger partial charge in [0.25, 0.3) is 0 Å². The summed E-state index contributed by atoms with van der Waals surface area (Å²) in [5, 5.41) is 0. The van der Waals surface area contributed by atoms with Crippen molar-refractivity contribution in [3.8, 4) is 5.75 Å². The number of rotatable bonds is 3. The molecule has 0 amide bonds. The lowest BCUT2D eigenvalue weighted by Gasteiger charge is -2.06. The summed E-state index contributed by atoms with van der Waals surface area (Å²) in [7, 11) is 1.68. The SMILES string of the molecule is COc1cc(C)ccc1/C=C/C(C)N. The molecule has 1 unspecified atom stereocenters. The largest absolute Gasteiger partial charge is 0.496 e. The number of benzene rings is 1. The average Bonchev–Trinajstić information content (AvgIpc) is 2.15. The minimum absolute atomic E-state index is 0.0704. The minimum atomic E-state index is 0.0704. The molecule has 0 aromatic heterocycles. The standard InChI is InChI=1S/C12H17NO/c1-9-4-6-11(7-5-10(2)13)12(8-9)14-3/h4-8,10H,13H2,1-3H3/b7-5+. The van der Waals surface area contributed by atoms with Crippen molar-refractivity contribution in [1.82, 2.24) is 0 Å². The maximum atomic E-state index is 5.63. The van der Waals surface area contributed by atoms with E-state index in [4.69, 9.17) is 10.5 Å². The zero-order valence-corrected chi connectivity index (χ0v) is 8.95. The molecule has 0 radical (unpaired) electrons. The topological polar surface area (TPSA) is 35.2 Å². The summed E-state index contributed by atoms with van der Waals surface area (Å²) in [5.74, 6) is 0.891. The Balaban J connectivity index is 2.96. The van der Waals surface area contributed by atoms with Gasteiger partial charge in [0, 0.05) is 11.6 Å². The molecule has 2 N–H and O–H groups in total. The molecule has 0 saturated carbocycles. The highest BCUT2D eigenvalue weighted by molar-refractivity contribution is 5.58. The second kappa shape index (κ2) is 4.82. The van der Waals surface area contributed by atoms with Crippen LogP contribution in [0.1, 0.15) is 18.1 Å². The fraction of sp³-hybridized carbons (Fsp3) is 0.333. The lowest BCUT2D eigenvalue weighted by Crippen LogP contribution is -2.09. The van der Waals surface area contributed by atoms with Crippen LogP contribution >= 0.6 is 0 Å². The summed E-state index contributed by atoms with van der Waals surface area (Å²) in [6.07, 6.45) is 3.94. The first-order valence-corrected chi connectivity index (χ1v) is 4.72. The molecule has 0 spiro atoms. The Hall–Kier alpha value is -1.28. The third-order valence-electron chi connectivity index (χ3n) is 1.97. The summed E-state index contributed by atoms with van der Waals surface area (Å²) >= 11 is 0. The monoisotopic (exact) mass is 191 g/mol. The van der Waals surface area contributed by atoms with E-state index in [-0.39, 0.29) is 6.04 Å². The highest BCUT2D eigenvalue weighted by atomic mass is 16.5. The molecular formula is C12H17NO. The third kappa shape index (κ3) is 2.89. The molecule has 2 nitrogen and oxygen atoms in total. The second-order valence-corrected chi connectivity index (χ2v) is 3.46. The number of aryl methyl sites for hydroxylation is 1. The van der Waals surface area contributed by atoms with Crippen molar-refractivity contribution in [3.63, 3.8) is 0 Å².